The zero-order chi connectivity index (χ0) is 21.1. The van der Waals surface area contributed by atoms with Gasteiger partial charge in [-0.25, -0.2) is 4.99 Å². The minimum absolute atomic E-state index is 0.199. The van der Waals surface area contributed by atoms with Crippen molar-refractivity contribution < 1.29 is 9.32 Å². The monoisotopic (exact) mass is 419 g/mol. The van der Waals surface area contributed by atoms with E-state index in [0.717, 1.165) is 30.8 Å². The Kier molecular flexibility index (Phi) is 9.50. The van der Waals surface area contributed by atoms with Gasteiger partial charge in [0.25, 0.3) is 5.91 Å². The number of carbonyl (C=O) groups is 1. The molecule has 29 heavy (non-hydrogen) atoms. The molecular formula is C21H30ClN5O2. The van der Waals surface area contributed by atoms with E-state index >= 15 is 0 Å². The van der Waals surface area contributed by atoms with Gasteiger partial charge in [0.2, 0.25) is 0 Å². The summed E-state index contributed by atoms with van der Waals surface area (Å²) in [5.74, 6) is 1.61. The molecule has 0 aliphatic rings. The van der Waals surface area contributed by atoms with E-state index in [4.69, 9.17) is 16.1 Å². The van der Waals surface area contributed by atoms with E-state index in [2.05, 4.69) is 39.9 Å². The van der Waals surface area contributed by atoms with Crippen LogP contribution in [0.15, 0.2) is 39.8 Å². The Morgan fingerprint density at radius 1 is 1.14 bits per heavy atom. The first-order valence-corrected chi connectivity index (χ1v) is 10.5. The van der Waals surface area contributed by atoms with Crippen LogP contribution in [-0.4, -0.2) is 36.7 Å². The Bertz CT molecular complexity index is 802. The molecule has 1 heterocycles. The Balaban J connectivity index is 1.83. The molecule has 2 aromatic rings. The Morgan fingerprint density at radius 2 is 1.86 bits per heavy atom. The van der Waals surface area contributed by atoms with Gasteiger partial charge in [0, 0.05) is 31.6 Å². The molecule has 0 radical (unpaired) electrons. The molecular weight excluding hydrogens is 390 g/mol. The molecule has 0 aliphatic carbocycles. The van der Waals surface area contributed by atoms with Gasteiger partial charge in [-0.1, -0.05) is 42.7 Å². The molecule has 1 aromatic heterocycles. The highest BCUT2D eigenvalue weighted by Crippen LogP contribution is 2.22. The molecule has 2 rings (SSSR count). The van der Waals surface area contributed by atoms with E-state index in [1.54, 1.807) is 24.3 Å². The van der Waals surface area contributed by atoms with Crippen LogP contribution in [0, 0.1) is 0 Å². The minimum atomic E-state index is -0.199. The van der Waals surface area contributed by atoms with Gasteiger partial charge < -0.3 is 20.5 Å². The van der Waals surface area contributed by atoms with Gasteiger partial charge in [0.05, 0.1) is 16.3 Å². The van der Waals surface area contributed by atoms with Gasteiger partial charge in [0.1, 0.15) is 6.54 Å². The summed E-state index contributed by atoms with van der Waals surface area (Å²) in [6.45, 7) is 8.39. The zero-order valence-electron chi connectivity index (χ0n) is 17.3. The SMILES string of the molecule is CCNC(=NCc1cc(C(CC)CC)no1)NCCNC(=O)c1ccccc1Cl. The van der Waals surface area contributed by atoms with E-state index in [0.29, 0.717) is 42.1 Å². The van der Waals surface area contributed by atoms with Gasteiger partial charge in [-0.05, 0) is 31.9 Å². The van der Waals surface area contributed by atoms with E-state index in [1.165, 1.54) is 0 Å². The topological polar surface area (TPSA) is 91.6 Å². The van der Waals surface area contributed by atoms with E-state index in [1.807, 2.05) is 13.0 Å². The second kappa shape index (κ2) is 12.1. The van der Waals surface area contributed by atoms with Crippen LogP contribution in [0.4, 0.5) is 0 Å². The maximum Gasteiger partial charge on any atom is 0.252 e. The molecule has 0 aliphatic heterocycles. The van der Waals surface area contributed by atoms with Crippen LogP contribution in [-0.2, 0) is 6.54 Å². The van der Waals surface area contributed by atoms with Gasteiger partial charge in [-0.3, -0.25) is 4.79 Å². The normalized spacial score (nSPS) is 11.6. The average molecular weight is 420 g/mol. The number of aliphatic imine (C=N–C) groups is 1. The largest absolute Gasteiger partial charge is 0.359 e. The molecule has 0 unspecified atom stereocenters. The first-order valence-electron chi connectivity index (χ1n) is 10.1. The average Bonchev–Trinajstić information content (AvgIpc) is 3.19. The standard InChI is InChI=1S/C21H30ClN5O2/c1-4-15(5-2)19-13-16(29-27-19)14-26-21(23-6-3)25-12-11-24-20(28)17-9-7-8-10-18(17)22/h7-10,13,15H,4-6,11-12,14H2,1-3H3,(H,24,28)(H2,23,25,26). The lowest BCUT2D eigenvalue weighted by molar-refractivity contribution is 0.0954. The van der Waals surface area contributed by atoms with E-state index < -0.39 is 0 Å². The van der Waals surface area contributed by atoms with Crippen molar-refractivity contribution in [3.63, 3.8) is 0 Å². The fourth-order valence-electron chi connectivity index (χ4n) is 2.90. The molecule has 1 amide bonds. The van der Waals surface area contributed by atoms with Gasteiger partial charge >= 0.3 is 0 Å². The maximum absolute atomic E-state index is 12.2. The fraction of sp³-hybridized carbons (Fsp3) is 0.476. The lowest BCUT2D eigenvalue weighted by Gasteiger charge is -2.12. The highest BCUT2D eigenvalue weighted by Gasteiger charge is 2.13. The predicted molar refractivity (Wildman–Crippen MR) is 116 cm³/mol. The fourth-order valence-corrected chi connectivity index (χ4v) is 3.12. The first-order chi connectivity index (χ1) is 14.1. The minimum Gasteiger partial charge on any atom is -0.359 e. The zero-order valence-corrected chi connectivity index (χ0v) is 18.1. The number of halogens is 1. The Morgan fingerprint density at radius 3 is 2.55 bits per heavy atom. The highest BCUT2D eigenvalue weighted by atomic mass is 35.5. The molecule has 0 atom stereocenters. The molecule has 0 fully saturated rings. The lowest BCUT2D eigenvalue weighted by Crippen LogP contribution is -2.41. The van der Waals surface area contributed by atoms with E-state index in [-0.39, 0.29) is 5.91 Å². The second-order valence-corrected chi connectivity index (χ2v) is 7.00. The quantitative estimate of drug-likeness (QED) is 0.310. The summed E-state index contributed by atoms with van der Waals surface area (Å²) >= 11 is 6.04. The molecule has 1 aromatic carbocycles. The number of aromatic nitrogens is 1. The molecule has 0 bridgehead atoms. The third-order valence-corrected chi connectivity index (χ3v) is 4.87. The molecule has 7 nitrogen and oxygen atoms in total. The predicted octanol–water partition coefficient (Wildman–Crippen LogP) is 3.72. The summed E-state index contributed by atoms with van der Waals surface area (Å²) in [6, 6.07) is 8.95. The van der Waals surface area contributed by atoms with Crippen molar-refractivity contribution in [2.24, 2.45) is 4.99 Å². The summed E-state index contributed by atoms with van der Waals surface area (Å²) in [5.41, 5.74) is 1.45. The summed E-state index contributed by atoms with van der Waals surface area (Å²) in [7, 11) is 0. The van der Waals surface area contributed by atoms with Crippen molar-refractivity contribution in [1.82, 2.24) is 21.1 Å². The van der Waals surface area contributed by atoms with Crippen molar-refractivity contribution in [1.29, 1.82) is 0 Å². The van der Waals surface area contributed by atoms with Crippen molar-refractivity contribution in [2.45, 2.75) is 46.1 Å². The summed E-state index contributed by atoms with van der Waals surface area (Å²) in [6.07, 6.45) is 2.08. The number of nitrogens with zero attached hydrogens (tertiary/aromatic N) is 2. The summed E-state index contributed by atoms with van der Waals surface area (Å²) < 4.78 is 5.41. The number of hydrogen-bond donors (Lipinski definition) is 3. The van der Waals surface area contributed by atoms with Crippen molar-refractivity contribution in [2.75, 3.05) is 19.6 Å². The smallest absolute Gasteiger partial charge is 0.252 e. The van der Waals surface area contributed by atoms with Crippen molar-refractivity contribution >= 4 is 23.5 Å². The third-order valence-electron chi connectivity index (χ3n) is 4.54. The molecule has 0 saturated heterocycles. The molecule has 8 heteroatoms. The number of hydrogen-bond acceptors (Lipinski definition) is 4. The van der Waals surface area contributed by atoms with Crippen LogP contribution < -0.4 is 16.0 Å². The summed E-state index contributed by atoms with van der Waals surface area (Å²) in [5, 5.41) is 13.8. The van der Waals surface area contributed by atoms with Crippen molar-refractivity contribution in [3.05, 3.63) is 52.4 Å². The van der Waals surface area contributed by atoms with Gasteiger partial charge in [-0.15, -0.1) is 0 Å². The van der Waals surface area contributed by atoms with Crippen LogP contribution in [0.1, 0.15) is 61.3 Å². The molecule has 0 spiro atoms. The van der Waals surface area contributed by atoms with Crippen LogP contribution >= 0.6 is 11.6 Å². The van der Waals surface area contributed by atoms with Crippen molar-refractivity contribution in [3.8, 4) is 0 Å². The summed E-state index contributed by atoms with van der Waals surface area (Å²) in [4.78, 5) is 16.7. The van der Waals surface area contributed by atoms with Crippen LogP contribution in [0.25, 0.3) is 0 Å². The number of amides is 1. The molecule has 158 valence electrons. The van der Waals surface area contributed by atoms with Crippen LogP contribution in [0.3, 0.4) is 0 Å². The van der Waals surface area contributed by atoms with Crippen LogP contribution in [0.2, 0.25) is 5.02 Å². The number of carbonyl (C=O) groups excluding carboxylic acids is 1. The van der Waals surface area contributed by atoms with Gasteiger partial charge in [0.15, 0.2) is 11.7 Å². The number of guanidine groups is 1. The number of rotatable bonds is 10. The van der Waals surface area contributed by atoms with E-state index in [9.17, 15) is 4.79 Å². The highest BCUT2D eigenvalue weighted by molar-refractivity contribution is 6.33. The Labute approximate surface area is 177 Å². The molecule has 0 saturated carbocycles. The second-order valence-electron chi connectivity index (χ2n) is 6.59. The molecule has 3 N–H and O–H groups in total. The van der Waals surface area contributed by atoms with Gasteiger partial charge in [-0.2, -0.15) is 0 Å². The number of benzene rings is 1. The first kappa shape index (κ1) is 22.7. The van der Waals surface area contributed by atoms with Crippen LogP contribution in [0.5, 0.6) is 0 Å². The Hall–Kier alpha value is -2.54. The lowest BCUT2D eigenvalue weighted by atomic mass is 9.99. The number of nitrogens with one attached hydrogen (secondary N) is 3. The maximum atomic E-state index is 12.2. The third kappa shape index (κ3) is 7.09.